The van der Waals surface area contributed by atoms with E-state index in [4.69, 9.17) is 0 Å². The fourth-order valence-corrected chi connectivity index (χ4v) is 2.61. The number of amides is 2. The SMILES string of the molecule is CS[C@H](C)C(=O)NC1CCN(C(=O)c2ccncc2)CC1. The van der Waals surface area contributed by atoms with Gasteiger partial charge in [0, 0.05) is 37.1 Å². The molecule has 0 unspecified atom stereocenters. The summed E-state index contributed by atoms with van der Waals surface area (Å²) in [6.45, 7) is 3.27. The molecule has 0 aliphatic carbocycles. The number of pyridine rings is 1. The van der Waals surface area contributed by atoms with Crippen molar-refractivity contribution in [2.45, 2.75) is 31.1 Å². The molecule has 2 rings (SSSR count). The Kier molecular flexibility index (Phi) is 5.61. The first-order valence-electron chi connectivity index (χ1n) is 7.14. The molecule has 1 N–H and O–H groups in total. The number of thioether (sulfide) groups is 1. The van der Waals surface area contributed by atoms with Crippen molar-refractivity contribution < 1.29 is 9.59 Å². The van der Waals surface area contributed by atoms with Crippen LogP contribution in [-0.2, 0) is 4.79 Å². The summed E-state index contributed by atoms with van der Waals surface area (Å²) in [5.41, 5.74) is 0.670. The van der Waals surface area contributed by atoms with E-state index in [0.29, 0.717) is 18.7 Å². The maximum Gasteiger partial charge on any atom is 0.253 e. The van der Waals surface area contributed by atoms with Crippen LogP contribution in [0.25, 0.3) is 0 Å². The van der Waals surface area contributed by atoms with Crippen molar-refractivity contribution in [3.8, 4) is 0 Å². The fraction of sp³-hybridized carbons (Fsp3) is 0.533. The highest BCUT2D eigenvalue weighted by atomic mass is 32.2. The van der Waals surface area contributed by atoms with E-state index >= 15 is 0 Å². The molecule has 1 atom stereocenters. The minimum absolute atomic E-state index is 0.0264. The minimum Gasteiger partial charge on any atom is -0.352 e. The second kappa shape index (κ2) is 7.45. The quantitative estimate of drug-likeness (QED) is 0.917. The van der Waals surface area contributed by atoms with Crippen LogP contribution in [0.4, 0.5) is 0 Å². The molecule has 1 aromatic heterocycles. The zero-order valence-electron chi connectivity index (χ0n) is 12.4. The first-order valence-corrected chi connectivity index (χ1v) is 8.43. The van der Waals surface area contributed by atoms with Gasteiger partial charge in [-0.1, -0.05) is 0 Å². The smallest absolute Gasteiger partial charge is 0.253 e. The molecular formula is C15H21N3O2S. The molecule has 0 spiro atoms. The van der Waals surface area contributed by atoms with Crippen molar-refractivity contribution in [1.82, 2.24) is 15.2 Å². The van der Waals surface area contributed by atoms with Gasteiger partial charge in [0.2, 0.25) is 5.91 Å². The highest BCUT2D eigenvalue weighted by molar-refractivity contribution is 7.99. The van der Waals surface area contributed by atoms with E-state index in [0.717, 1.165) is 12.8 Å². The molecule has 0 radical (unpaired) electrons. The van der Waals surface area contributed by atoms with Gasteiger partial charge in [0.1, 0.15) is 0 Å². The van der Waals surface area contributed by atoms with Gasteiger partial charge in [-0.15, -0.1) is 0 Å². The molecule has 2 amide bonds. The number of likely N-dealkylation sites (tertiary alicyclic amines) is 1. The van der Waals surface area contributed by atoms with Crippen LogP contribution in [0, 0.1) is 0 Å². The van der Waals surface area contributed by atoms with E-state index in [-0.39, 0.29) is 23.1 Å². The van der Waals surface area contributed by atoms with Crippen LogP contribution in [-0.4, -0.2) is 52.3 Å². The average Bonchev–Trinajstić information content (AvgIpc) is 2.55. The molecule has 5 nitrogen and oxygen atoms in total. The van der Waals surface area contributed by atoms with Gasteiger partial charge in [-0.2, -0.15) is 11.8 Å². The molecule has 6 heteroatoms. The van der Waals surface area contributed by atoms with Crippen LogP contribution in [0.15, 0.2) is 24.5 Å². The third-order valence-electron chi connectivity index (χ3n) is 3.78. The lowest BCUT2D eigenvalue weighted by molar-refractivity contribution is -0.121. The molecule has 1 saturated heterocycles. The first kappa shape index (κ1) is 15.8. The fourth-order valence-electron chi connectivity index (χ4n) is 2.33. The summed E-state index contributed by atoms with van der Waals surface area (Å²) < 4.78 is 0. The number of carbonyl (C=O) groups excluding carboxylic acids is 2. The molecule has 0 saturated carbocycles. The molecule has 1 aliphatic rings. The van der Waals surface area contributed by atoms with Crippen molar-refractivity contribution in [3.63, 3.8) is 0 Å². The summed E-state index contributed by atoms with van der Waals surface area (Å²) in [6.07, 6.45) is 6.81. The molecule has 1 fully saturated rings. The Morgan fingerprint density at radius 3 is 2.52 bits per heavy atom. The molecule has 2 heterocycles. The summed E-state index contributed by atoms with van der Waals surface area (Å²) in [6, 6.07) is 3.64. The lowest BCUT2D eigenvalue weighted by Gasteiger charge is -2.32. The van der Waals surface area contributed by atoms with Crippen LogP contribution < -0.4 is 5.32 Å². The van der Waals surface area contributed by atoms with Gasteiger partial charge in [0.25, 0.3) is 5.91 Å². The summed E-state index contributed by atoms with van der Waals surface area (Å²) in [4.78, 5) is 29.9. The van der Waals surface area contributed by atoms with Crippen LogP contribution >= 0.6 is 11.8 Å². The average molecular weight is 307 g/mol. The van der Waals surface area contributed by atoms with Crippen LogP contribution in [0.3, 0.4) is 0 Å². The summed E-state index contributed by atoms with van der Waals surface area (Å²) in [5, 5.41) is 3.03. The molecule has 0 bridgehead atoms. The number of aromatic nitrogens is 1. The standard InChI is InChI=1S/C15H21N3O2S/c1-11(21-2)14(19)17-13-5-9-18(10-6-13)15(20)12-3-7-16-8-4-12/h3-4,7-8,11,13H,5-6,9-10H2,1-2H3,(H,17,19)/t11-/m1/s1. The number of nitrogens with zero attached hydrogens (tertiary/aromatic N) is 2. The summed E-state index contributed by atoms with van der Waals surface area (Å²) in [7, 11) is 0. The van der Waals surface area contributed by atoms with Gasteiger partial charge >= 0.3 is 0 Å². The number of hydrogen-bond acceptors (Lipinski definition) is 4. The zero-order chi connectivity index (χ0) is 15.2. The van der Waals surface area contributed by atoms with Gasteiger partial charge in [-0.3, -0.25) is 14.6 Å². The van der Waals surface area contributed by atoms with Gasteiger partial charge in [0.15, 0.2) is 0 Å². The third kappa shape index (κ3) is 4.20. The normalized spacial score (nSPS) is 17.3. The Bertz CT molecular complexity index is 487. The van der Waals surface area contributed by atoms with Gasteiger partial charge in [-0.05, 0) is 38.2 Å². The maximum atomic E-state index is 12.3. The lowest BCUT2D eigenvalue weighted by Crippen LogP contribution is -2.48. The molecule has 1 aromatic rings. The van der Waals surface area contributed by atoms with Gasteiger partial charge in [0.05, 0.1) is 5.25 Å². The van der Waals surface area contributed by atoms with E-state index in [1.807, 2.05) is 18.1 Å². The van der Waals surface area contributed by atoms with Crippen molar-refractivity contribution in [1.29, 1.82) is 0 Å². The van der Waals surface area contributed by atoms with E-state index in [1.54, 1.807) is 36.3 Å². The third-order valence-corrected chi connectivity index (χ3v) is 4.70. The van der Waals surface area contributed by atoms with Crippen molar-refractivity contribution in [2.75, 3.05) is 19.3 Å². The molecule has 21 heavy (non-hydrogen) atoms. The number of nitrogens with one attached hydrogen (secondary N) is 1. The Morgan fingerprint density at radius 2 is 1.95 bits per heavy atom. The van der Waals surface area contributed by atoms with Crippen LogP contribution in [0.1, 0.15) is 30.1 Å². The molecule has 114 valence electrons. The van der Waals surface area contributed by atoms with Crippen molar-refractivity contribution >= 4 is 23.6 Å². The van der Waals surface area contributed by atoms with Crippen LogP contribution in [0.5, 0.6) is 0 Å². The summed E-state index contributed by atoms with van der Waals surface area (Å²) in [5.74, 6) is 0.126. The van der Waals surface area contributed by atoms with Crippen LogP contribution in [0.2, 0.25) is 0 Å². The number of carbonyl (C=O) groups is 2. The van der Waals surface area contributed by atoms with E-state index in [2.05, 4.69) is 10.3 Å². The zero-order valence-corrected chi connectivity index (χ0v) is 13.2. The van der Waals surface area contributed by atoms with Crippen molar-refractivity contribution in [3.05, 3.63) is 30.1 Å². The van der Waals surface area contributed by atoms with E-state index in [9.17, 15) is 9.59 Å². The maximum absolute atomic E-state index is 12.3. The number of rotatable bonds is 4. The second-order valence-electron chi connectivity index (χ2n) is 5.19. The molecule has 1 aliphatic heterocycles. The topological polar surface area (TPSA) is 62.3 Å². The molecule has 0 aromatic carbocycles. The monoisotopic (exact) mass is 307 g/mol. The Morgan fingerprint density at radius 1 is 1.33 bits per heavy atom. The van der Waals surface area contributed by atoms with E-state index < -0.39 is 0 Å². The molecular weight excluding hydrogens is 286 g/mol. The minimum atomic E-state index is -0.0264. The predicted molar refractivity (Wildman–Crippen MR) is 84.3 cm³/mol. The highest BCUT2D eigenvalue weighted by Crippen LogP contribution is 2.15. The number of hydrogen-bond donors (Lipinski definition) is 1. The van der Waals surface area contributed by atoms with Gasteiger partial charge in [-0.25, -0.2) is 0 Å². The first-order chi connectivity index (χ1) is 10.1. The summed E-state index contributed by atoms with van der Waals surface area (Å²) >= 11 is 1.54. The Balaban J connectivity index is 1.83. The number of piperidine rings is 1. The lowest BCUT2D eigenvalue weighted by atomic mass is 10.0. The van der Waals surface area contributed by atoms with E-state index in [1.165, 1.54) is 0 Å². The van der Waals surface area contributed by atoms with Crippen molar-refractivity contribution in [2.24, 2.45) is 0 Å². The van der Waals surface area contributed by atoms with Gasteiger partial charge < -0.3 is 10.2 Å². The predicted octanol–water partition coefficient (Wildman–Crippen LogP) is 1.55. The largest absolute Gasteiger partial charge is 0.352 e. The Labute approximate surface area is 129 Å². The second-order valence-corrected chi connectivity index (χ2v) is 6.37. The highest BCUT2D eigenvalue weighted by Gasteiger charge is 2.25. The Hall–Kier alpha value is -1.56.